The summed E-state index contributed by atoms with van der Waals surface area (Å²) in [4.78, 5) is 28.0. The smallest absolute Gasteiger partial charge is 0.263 e. The second kappa shape index (κ2) is 9.47. The summed E-state index contributed by atoms with van der Waals surface area (Å²) >= 11 is 0. The van der Waals surface area contributed by atoms with Gasteiger partial charge in [0.25, 0.3) is 5.91 Å². The Morgan fingerprint density at radius 2 is 1.96 bits per heavy atom. The van der Waals surface area contributed by atoms with Crippen LogP contribution in [0.25, 0.3) is 0 Å². The van der Waals surface area contributed by atoms with Gasteiger partial charge in [0, 0.05) is 38.8 Å². The molecule has 0 aromatic heterocycles. The third-order valence-corrected chi connectivity index (χ3v) is 4.19. The average molecular weight is 369 g/mol. The van der Waals surface area contributed by atoms with Crippen LogP contribution in [-0.4, -0.2) is 67.0 Å². The van der Waals surface area contributed by atoms with E-state index in [1.54, 1.807) is 11.8 Å². The normalized spacial score (nSPS) is 16.7. The third-order valence-electron chi connectivity index (χ3n) is 4.19. The molecule has 26 heavy (non-hydrogen) atoms. The summed E-state index contributed by atoms with van der Waals surface area (Å²) in [7, 11) is 0. The lowest BCUT2D eigenvalue weighted by molar-refractivity contribution is -0.137. The van der Waals surface area contributed by atoms with Crippen LogP contribution in [0, 0.1) is 11.6 Å². The maximum atomic E-state index is 13.3. The molecule has 2 amide bonds. The highest BCUT2D eigenvalue weighted by Crippen LogP contribution is 2.17. The molecule has 8 heteroatoms. The number of carbonyl (C=O) groups excluding carboxylic acids is 2. The SMILES string of the molecule is CCNC(=O)CN1CCCN(C(=O)C(C)Oc2ccc(F)c(F)c2)CC1. The molecule has 144 valence electrons. The van der Waals surface area contributed by atoms with E-state index >= 15 is 0 Å². The van der Waals surface area contributed by atoms with Crippen molar-refractivity contribution in [2.45, 2.75) is 26.4 Å². The number of hydrogen-bond donors (Lipinski definition) is 1. The van der Waals surface area contributed by atoms with Gasteiger partial charge in [-0.15, -0.1) is 0 Å². The summed E-state index contributed by atoms with van der Waals surface area (Å²) in [6, 6.07) is 3.18. The largest absolute Gasteiger partial charge is 0.481 e. The lowest BCUT2D eigenvalue weighted by Gasteiger charge is -2.25. The van der Waals surface area contributed by atoms with Gasteiger partial charge in [-0.25, -0.2) is 8.78 Å². The fraction of sp³-hybridized carbons (Fsp3) is 0.556. The Kier molecular flexibility index (Phi) is 7.32. The molecule has 0 bridgehead atoms. The maximum Gasteiger partial charge on any atom is 0.263 e. The van der Waals surface area contributed by atoms with Crippen LogP contribution in [0.1, 0.15) is 20.3 Å². The van der Waals surface area contributed by atoms with Gasteiger partial charge in [0.15, 0.2) is 17.7 Å². The maximum absolute atomic E-state index is 13.3. The van der Waals surface area contributed by atoms with E-state index in [0.29, 0.717) is 32.7 Å². The zero-order chi connectivity index (χ0) is 19.1. The first kappa shape index (κ1) is 20.1. The summed E-state index contributed by atoms with van der Waals surface area (Å²) < 4.78 is 31.7. The van der Waals surface area contributed by atoms with Crippen LogP contribution in [0.4, 0.5) is 8.78 Å². The van der Waals surface area contributed by atoms with Gasteiger partial charge in [-0.1, -0.05) is 0 Å². The predicted octanol–water partition coefficient (Wildman–Crippen LogP) is 1.40. The summed E-state index contributed by atoms with van der Waals surface area (Å²) in [6.45, 7) is 6.75. The molecule has 1 saturated heterocycles. The molecule has 1 atom stereocenters. The minimum atomic E-state index is -1.02. The number of halogens is 2. The minimum absolute atomic E-state index is 0.0256. The molecule has 1 aliphatic rings. The van der Waals surface area contributed by atoms with Gasteiger partial charge in [0.05, 0.1) is 6.54 Å². The van der Waals surface area contributed by atoms with Crippen LogP contribution in [0.15, 0.2) is 18.2 Å². The lowest BCUT2D eigenvalue weighted by atomic mass is 10.3. The van der Waals surface area contributed by atoms with Crippen molar-refractivity contribution in [2.24, 2.45) is 0 Å². The molecule has 6 nitrogen and oxygen atoms in total. The number of carbonyl (C=O) groups is 2. The molecule has 1 aromatic carbocycles. The summed E-state index contributed by atoms with van der Waals surface area (Å²) in [6.07, 6.45) is -0.0574. The number of benzene rings is 1. The van der Waals surface area contributed by atoms with Gasteiger partial charge < -0.3 is 15.0 Å². The van der Waals surface area contributed by atoms with Crippen LogP contribution in [-0.2, 0) is 9.59 Å². The Bertz CT molecular complexity index is 642. The van der Waals surface area contributed by atoms with Crippen molar-refractivity contribution >= 4 is 11.8 Å². The zero-order valence-corrected chi connectivity index (χ0v) is 15.1. The molecule has 1 N–H and O–H groups in total. The highest BCUT2D eigenvalue weighted by Gasteiger charge is 2.25. The number of amides is 2. The summed E-state index contributed by atoms with van der Waals surface area (Å²) in [5, 5.41) is 2.76. The molecule has 1 fully saturated rings. The number of nitrogens with one attached hydrogen (secondary N) is 1. The first-order valence-corrected chi connectivity index (χ1v) is 8.80. The summed E-state index contributed by atoms with van der Waals surface area (Å²) in [5.74, 6) is -2.11. The first-order valence-electron chi connectivity index (χ1n) is 8.80. The monoisotopic (exact) mass is 369 g/mol. The molecule has 2 rings (SSSR count). The van der Waals surface area contributed by atoms with E-state index in [1.165, 1.54) is 6.07 Å². The van der Waals surface area contributed by atoms with Crippen LogP contribution in [0.3, 0.4) is 0 Å². The Morgan fingerprint density at radius 3 is 2.65 bits per heavy atom. The highest BCUT2D eigenvalue weighted by molar-refractivity contribution is 5.81. The van der Waals surface area contributed by atoms with E-state index in [1.807, 2.05) is 11.8 Å². The second-order valence-electron chi connectivity index (χ2n) is 6.24. The van der Waals surface area contributed by atoms with E-state index in [9.17, 15) is 18.4 Å². The predicted molar refractivity (Wildman–Crippen MR) is 92.8 cm³/mol. The number of rotatable bonds is 6. The van der Waals surface area contributed by atoms with Gasteiger partial charge in [-0.2, -0.15) is 0 Å². The van der Waals surface area contributed by atoms with Crippen molar-refractivity contribution in [1.29, 1.82) is 0 Å². The van der Waals surface area contributed by atoms with Crippen molar-refractivity contribution in [1.82, 2.24) is 15.1 Å². The molecule has 0 aliphatic carbocycles. The molecular formula is C18H25F2N3O3. The summed E-state index contributed by atoms with van der Waals surface area (Å²) in [5.41, 5.74) is 0. The molecular weight excluding hydrogens is 344 g/mol. The quantitative estimate of drug-likeness (QED) is 0.824. The topological polar surface area (TPSA) is 61.9 Å². The standard InChI is InChI=1S/C18H25F2N3O3/c1-3-21-17(24)12-22-7-4-8-23(10-9-22)18(25)13(2)26-14-5-6-15(19)16(20)11-14/h5-6,11,13H,3-4,7-10,12H2,1-2H3,(H,21,24). The molecule has 1 aliphatic heterocycles. The fourth-order valence-electron chi connectivity index (χ4n) is 2.87. The van der Waals surface area contributed by atoms with Crippen LogP contribution in [0.2, 0.25) is 0 Å². The van der Waals surface area contributed by atoms with E-state index in [0.717, 1.165) is 25.1 Å². The third kappa shape index (κ3) is 5.66. The number of likely N-dealkylation sites (N-methyl/N-ethyl adjacent to an activating group) is 1. The molecule has 1 unspecified atom stereocenters. The highest BCUT2D eigenvalue weighted by atomic mass is 19.2. The van der Waals surface area contributed by atoms with Crippen LogP contribution < -0.4 is 10.1 Å². The van der Waals surface area contributed by atoms with Gasteiger partial charge in [0.2, 0.25) is 5.91 Å². The van der Waals surface area contributed by atoms with Crippen LogP contribution in [0.5, 0.6) is 5.75 Å². The molecule has 1 aromatic rings. The Hall–Kier alpha value is -2.22. The van der Waals surface area contributed by atoms with E-state index in [-0.39, 0.29) is 17.6 Å². The van der Waals surface area contributed by atoms with Crippen molar-refractivity contribution in [3.05, 3.63) is 29.8 Å². The average Bonchev–Trinajstić information content (AvgIpc) is 2.83. The molecule has 0 saturated carbocycles. The van der Waals surface area contributed by atoms with Gasteiger partial charge >= 0.3 is 0 Å². The van der Waals surface area contributed by atoms with Crippen molar-refractivity contribution in [3.8, 4) is 5.75 Å². The van der Waals surface area contributed by atoms with E-state index in [4.69, 9.17) is 4.74 Å². The van der Waals surface area contributed by atoms with Gasteiger partial charge in [-0.05, 0) is 32.4 Å². The Balaban J connectivity index is 1.88. The number of hydrogen-bond acceptors (Lipinski definition) is 4. The van der Waals surface area contributed by atoms with Crippen molar-refractivity contribution in [2.75, 3.05) is 39.3 Å². The van der Waals surface area contributed by atoms with Gasteiger partial charge in [-0.3, -0.25) is 14.5 Å². The van der Waals surface area contributed by atoms with E-state index in [2.05, 4.69) is 5.32 Å². The number of nitrogens with zero attached hydrogens (tertiary/aromatic N) is 2. The second-order valence-corrected chi connectivity index (χ2v) is 6.24. The van der Waals surface area contributed by atoms with Crippen molar-refractivity contribution < 1.29 is 23.1 Å². The van der Waals surface area contributed by atoms with Crippen LogP contribution >= 0.6 is 0 Å². The Labute approximate surface area is 152 Å². The number of ether oxygens (including phenoxy) is 1. The molecule has 0 radical (unpaired) electrons. The lowest BCUT2D eigenvalue weighted by Crippen LogP contribution is -2.43. The van der Waals surface area contributed by atoms with E-state index < -0.39 is 17.7 Å². The van der Waals surface area contributed by atoms with Gasteiger partial charge in [0.1, 0.15) is 5.75 Å². The molecule has 1 heterocycles. The molecule has 0 spiro atoms. The first-order chi connectivity index (χ1) is 12.4. The fourth-order valence-corrected chi connectivity index (χ4v) is 2.87. The minimum Gasteiger partial charge on any atom is -0.481 e. The zero-order valence-electron chi connectivity index (χ0n) is 15.1. The Morgan fingerprint density at radius 1 is 1.19 bits per heavy atom. The van der Waals surface area contributed by atoms with Crippen molar-refractivity contribution in [3.63, 3.8) is 0 Å².